The summed E-state index contributed by atoms with van der Waals surface area (Å²) in [7, 11) is 3.48. The zero-order chi connectivity index (χ0) is 15.8. The highest BCUT2D eigenvalue weighted by Gasteiger charge is 2.41. The molecule has 0 radical (unpaired) electrons. The second-order valence-electron chi connectivity index (χ2n) is 5.68. The Morgan fingerprint density at radius 1 is 1.29 bits per heavy atom. The van der Waals surface area contributed by atoms with Crippen LogP contribution >= 0.6 is 0 Å². The standard InChI is InChI=1S/C14H20N4O3/c1-14(2)13(19)16(4)5-6-17(14)11-7-10(15-3)8-12(9-11)18(20)21/h7-9,15H,5-6H2,1-4H3. The molecule has 2 rings (SSSR count). The van der Waals surface area contributed by atoms with Crippen LogP contribution in [0.2, 0.25) is 0 Å². The predicted octanol–water partition coefficient (Wildman–Crippen LogP) is 1.69. The Morgan fingerprint density at radius 3 is 2.52 bits per heavy atom. The number of carbonyl (C=O) groups is 1. The number of hydrogen-bond donors (Lipinski definition) is 1. The average molecular weight is 292 g/mol. The lowest BCUT2D eigenvalue weighted by Crippen LogP contribution is -2.62. The highest BCUT2D eigenvalue weighted by molar-refractivity contribution is 5.90. The molecule has 1 aromatic rings. The Morgan fingerprint density at radius 2 is 1.95 bits per heavy atom. The fourth-order valence-electron chi connectivity index (χ4n) is 2.67. The van der Waals surface area contributed by atoms with Crippen LogP contribution < -0.4 is 10.2 Å². The van der Waals surface area contributed by atoms with Crippen LogP contribution in [0.3, 0.4) is 0 Å². The van der Waals surface area contributed by atoms with Gasteiger partial charge in [-0.15, -0.1) is 0 Å². The normalized spacial score (nSPS) is 17.8. The quantitative estimate of drug-likeness (QED) is 0.677. The lowest BCUT2D eigenvalue weighted by atomic mass is 9.96. The van der Waals surface area contributed by atoms with E-state index in [0.717, 1.165) is 0 Å². The third-order valence-corrected chi connectivity index (χ3v) is 3.92. The molecule has 0 atom stereocenters. The van der Waals surface area contributed by atoms with E-state index in [1.54, 1.807) is 19.0 Å². The van der Waals surface area contributed by atoms with Gasteiger partial charge in [-0.3, -0.25) is 14.9 Å². The highest BCUT2D eigenvalue weighted by Crippen LogP contribution is 2.33. The molecule has 0 saturated carbocycles. The fourth-order valence-corrected chi connectivity index (χ4v) is 2.67. The predicted molar refractivity (Wildman–Crippen MR) is 81.7 cm³/mol. The number of piperazine rings is 1. The Labute approximate surface area is 123 Å². The van der Waals surface area contributed by atoms with Gasteiger partial charge in [-0.2, -0.15) is 0 Å². The number of nitro benzene ring substituents is 1. The van der Waals surface area contributed by atoms with E-state index in [1.165, 1.54) is 12.1 Å². The summed E-state index contributed by atoms with van der Waals surface area (Å²) < 4.78 is 0. The number of nitro groups is 1. The maximum Gasteiger partial charge on any atom is 0.273 e. The van der Waals surface area contributed by atoms with Gasteiger partial charge in [0.1, 0.15) is 5.54 Å². The molecule has 21 heavy (non-hydrogen) atoms. The van der Waals surface area contributed by atoms with E-state index >= 15 is 0 Å². The molecule has 0 spiro atoms. The summed E-state index contributed by atoms with van der Waals surface area (Å²) in [5.74, 6) is 0.00580. The molecule has 7 nitrogen and oxygen atoms in total. The minimum Gasteiger partial charge on any atom is -0.388 e. The number of nitrogens with one attached hydrogen (secondary N) is 1. The van der Waals surface area contributed by atoms with E-state index in [1.807, 2.05) is 24.8 Å². The molecule has 1 aliphatic heterocycles. The van der Waals surface area contributed by atoms with Crippen molar-refractivity contribution >= 4 is 23.0 Å². The number of likely N-dealkylation sites (N-methyl/N-ethyl adjacent to an activating group) is 1. The van der Waals surface area contributed by atoms with E-state index < -0.39 is 10.5 Å². The maximum atomic E-state index is 12.3. The van der Waals surface area contributed by atoms with Crippen molar-refractivity contribution in [1.82, 2.24) is 4.90 Å². The molecule has 1 heterocycles. The molecule has 0 bridgehead atoms. The van der Waals surface area contributed by atoms with E-state index in [-0.39, 0.29) is 11.6 Å². The van der Waals surface area contributed by atoms with Crippen molar-refractivity contribution in [3.05, 3.63) is 28.3 Å². The molecule has 0 unspecified atom stereocenters. The Kier molecular flexibility index (Phi) is 3.76. The maximum absolute atomic E-state index is 12.3. The molecule has 1 aliphatic rings. The van der Waals surface area contributed by atoms with E-state index in [4.69, 9.17) is 0 Å². The zero-order valence-corrected chi connectivity index (χ0v) is 12.7. The van der Waals surface area contributed by atoms with Crippen LogP contribution in [0, 0.1) is 10.1 Å². The zero-order valence-electron chi connectivity index (χ0n) is 12.7. The molecule has 0 aromatic heterocycles. The van der Waals surface area contributed by atoms with Crippen molar-refractivity contribution in [2.45, 2.75) is 19.4 Å². The first-order chi connectivity index (χ1) is 9.77. The lowest BCUT2D eigenvalue weighted by molar-refractivity contribution is -0.384. The lowest BCUT2D eigenvalue weighted by Gasteiger charge is -2.46. The third kappa shape index (κ3) is 2.63. The number of amides is 1. The monoisotopic (exact) mass is 292 g/mol. The van der Waals surface area contributed by atoms with Crippen LogP contribution in [-0.4, -0.2) is 48.5 Å². The smallest absolute Gasteiger partial charge is 0.273 e. The van der Waals surface area contributed by atoms with Crippen LogP contribution in [0.5, 0.6) is 0 Å². The van der Waals surface area contributed by atoms with E-state index in [0.29, 0.717) is 24.5 Å². The molecule has 0 aliphatic carbocycles. The van der Waals surface area contributed by atoms with Gasteiger partial charge in [0.15, 0.2) is 0 Å². The van der Waals surface area contributed by atoms with Gasteiger partial charge in [0.05, 0.1) is 4.92 Å². The number of hydrogen-bond acceptors (Lipinski definition) is 5. The van der Waals surface area contributed by atoms with Crippen molar-refractivity contribution in [1.29, 1.82) is 0 Å². The molecule has 114 valence electrons. The molecule has 1 fully saturated rings. The van der Waals surface area contributed by atoms with Gasteiger partial charge >= 0.3 is 0 Å². The first-order valence-corrected chi connectivity index (χ1v) is 6.78. The molecule has 7 heteroatoms. The van der Waals surface area contributed by atoms with Crippen molar-refractivity contribution in [2.24, 2.45) is 0 Å². The van der Waals surface area contributed by atoms with Crippen molar-refractivity contribution in [3.8, 4) is 0 Å². The van der Waals surface area contributed by atoms with Gasteiger partial charge in [-0.1, -0.05) is 0 Å². The van der Waals surface area contributed by atoms with Gasteiger partial charge in [0, 0.05) is 50.7 Å². The number of nitrogens with zero attached hydrogens (tertiary/aromatic N) is 3. The average Bonchev–Trinajstić information content (AvgIpc) is 2.44. The molecular formula is C14H20N4O3. The van der Waals surface area contributed by atoms with Crippen molar-refractivity contribution in [3.63, 3.8) is 0 Å². The van der Waals surface area contributed by atoms with Crippen LogP contribution in [0.1, 0.15) is 13.8 Å². The second-order valence-corrected chi connectivity index (χ2v) is 5.68. The highest BCUT2D eigenvalue weighted by atomic mass is 16.6. The number of anilines is 2. The van der Waals surface area contributed by atoms with Crippen molar-refractivity contribution in [2.75, 3.05) is 37.4 Å². The Hall–Kier alpha value is -2.31. The summed E-state index contributed by atoms with van der Waals surface area (Å²) >= 11 is 0. The third-order valence-electron chi connectivity index (χ3n) is 3.92. The van der Waals surface area contributed by atoms with Crippen LogP contribution in [0.4, 0.5) is 17.1 Å². The van der Waals surface area contributed by atoms with Crippen LogP contribution in [-0.2, 0) is 4.79 Å². The van der Waals surface area contributed by atoms with Crippen LogP contribution in [0.25, 0.3) is 0 Å². The topological polar surface area (TPSA) is 78.7 Å². The van der Waals surface area contributed by atoms with Crippen molar-refractivity contribution < 1.29 is 9.72 Å². The summed E-state index contributed by atoms with van der Waals surface area (Å²) in [4.78, 5) is 26.6. The van der Waals surface area contributed by atoms with Gasteiger partial charge in [-0.05, 0) is 19.9 Å². The van der Waals surface area contributed by atoms with Gasteiger partial charge in [0.2, 0.25) is 5.91 Å². The molecule has 1 saturated heterocycles. The van der Waals surface area contributed by atoms with E-state index in [9.17, 15) is 14.9 Å². The largest absolute Gasteiger partial charge is 0.388 e. The van der Waals surface area contributed by atoms with Gasteiger partial charge in [-0.25, -0.2) is 0 Å². The summed E-state index contributed by atoms with van der Waals surface area (Å²) in [6, 6.07) is 4.82. The minimum absolute atomic E-state index is 0.00580. The molecular weight excluding hydrogens is 272 g/mol. The molecule has 1 aromatic carbocycles. The number of rotatable bonds is 3. The summed E-state index contributed by atoms with van der Waals surface area (Å²) in [5.41, 5.74) is 0.619. The molecule has 1 amide bonds. The number of benzene rings is 1. The first-order valence-electron chi connectivity index (χ1n) is 6.78. The Bertz CT molecular complexity index is 586. The van der Waals surface area contributed by atoms with E-state index in [2.05, 4.69) is 5.32 Å². The van der Waals surface area contributed by atoms with Gasteiger partial charge in [0.25, 0.3) is 5.69 Å². The number of non-ortho nitro benzene ring substituents is 1. The second kappa shape index (κ2) is 5.23. The summed E-state index contributed by atoms with van der Waals surface area (Å²) in [6.45, 7) is 4.91. The Balaban J connectivity index is 2.48. The molecule has 1 N–H and O–H groups in total. The van der Waals surface area contributed by atoms with Crippen LogP contribution in [0.15, 0.2) is 18.2 Å². The SMILES string of the molecule is CNc1cc(N2CCN(C)C(=O)C2(C)C)cc([N+](=O)[O-])c1. The fraction of sp³-hybridized carbons (Fsp3) is 0.500. The van der Waals surface area contributed by atoms with Gasteiger partial charge < -0.3 is 15.1 Å². The number of carbonyl (C=O) groups excluding carboxylic acids is 1. The minimum atomic E-state index is -0.729. The summed E-state index contributed by atoms with van der Waals surface area (Å²) in [5, 5.41) is 14.0. The first kappa shape index (κ1) is 15.1. The summed E-state index contributed by atoms with van der Waals surface area (Å²) in [6.07, 6.45) is 0.